The second-order valence-corrected chi connectivity index (χ2v) is 6.80. The number of esters is 1. The zero-order valence-corrected chi connectivity index (χ0v) is 14.6. The summed E-state index contributed by atoms with van der Waals surface area (Å²) in [5.41, 5.74) is 3.05. The Morgan fingerprint density at radius 2 is 1.87 bits per heavy atom. The van der Waals surface area contributed by atoms with Crippen LogP contribution < -0.4 is 5.73 Å². The predicted molar refractivity (Wildman–Crippen MR) is 84.1 cm³/mol. The van der Waals surface area contributed by atoms with Crippen LogP contribution in [0.2, 0.25) is 0 Å². The van der Waals surface area contributed by atoms with Crippen molar-refractivity contribution in [1.82, 2.24) is 4.90 Å². The average molecular weight is 464 g/mol. The van der Waals surface area contributed by atoms with Gasteiger partial charge in [-0.3, -0.25) is 34.0 Å². The topological polar surface area (TPSA) is 176 Å². The highest BCUT2D eigenvalue weighted by Crippen LogP contribution is 2.25. The molecule has 130 valence electrons. The van der Waals surface area contributed by atoms with Crippen molar-refractivity contribution < 1.29 is 28.4 Å². The summed E-state index contributed by atoms with van der Waals surface area (Å²) < 4.78 is 16.4. The first-order valence-corrected chi connectivity index (χ1v) is 9.05. The molecule has 1 unspecified atom stereocenters. The van der Waals surface area contributed by atoms with Gasteiger partial charge < -0.3 is 15.4 Å². The van der Waals surface area contributed by atoms with Crippen molar-refractivity contribution in [3.63, 3.8) is 0 Å². The smallest absolute Gasteiger partial charge is 0.454 e. The highest BCUT2D eigenvalue weighted by Gasteiger charge is 2.67. The van der Waals surface area contributed by atoms with E-state index in [9.17, 15) is 34.0 Å². The fourth-order valence-electron chi connectivity index (χ4n) is 1.76. The third kappa shape index (κ3) is 4.54. The summed E-state index contributed by atoms with van der Waals surface area (Å²) in [6, 6.07) is -1.16. The van der Waals surface area contributed by atoms with Crippen LogP contribution in [0.25, 0.3) is 0 Å². The lowest BCUT2D eigenvalue weighted by Gasteiger charge is -2.35. The van der Waals surface area contributed by atoms with Gasteiger partial charge in [0, 0.05) is 16.6 Å². The Morgan fingerprint density at radius 1 is 1.35 bits per heavy atom. The number of rotatable bonds is 8. The number of hydrogen-bond donors (Lipinski definition) is 1. The minimum Gasteiger partial charge on any atom is -0.454 e. The first-order valence-electron chi connectivity index (χ1n) is 6.04. The quantitative estimate of drug-likeness (QED) is 0.107. The van der Waals surface area contributed by atoms with E-state index >= 15 is 0 Å². The number of carbonyl (C=O) groups is 2. The van der Waals surface area contributed by atoms with Crippen LogP contribution >= 0.6 is 22.6 Å². The van der Waals surface area contributed by atoms with Gasteiger partial charge in [0.2, 0.25) is 5.91 Å². The highest BCUT2D eigenvalue weighted by molar-refractivity contribution is 14.1. The molecule has 1 heterocycles. The van der Waals surface area contributed by atoms with E-state index < -0.39 is 63.1 Å². The minimum atomic E-state index is -2.41. The number of likely N-dealkylation sites (tertiary alicyclic amines) is 1. The Hall–Kier alpha value is -1.42. The number of hydrogen-bond acceptors (Lipinski definition) is 9. The minimum absolute atomic E-state index is 0.0769. The SMILES string of the molecule is N[C@@H](CS(=O)CC(=O)N1CC([N+](=O)[O-])([N+](=O)[O-])C1)C(=O)OCI. The summed E-state index contributed by atoms with van der Waals surface area (Å²) in [6.45, 7) is -1.38. The van der Waals surface area contributed by atoms with Crippen LogP contribution in [0.3, 0.4) is 0 Å². The van der Waals surface area contributed by atoms with Crippen molar-refractivity contribution in [3.8, 4) is 0 Å². The van der Waals surface area contributed by atoms with E-state index in [1.54, 1.807) is 22.6 Å². The number of alkyl halides is 1. The molecule has 0 aromatic carbocycles. The first-order chi connectivity index (χ1) is 10.6. The number of nitrogens with zero attached hydrogens (tertiary/aromatic N) is 3. The molecule has 1 aliphatic heterocycles. The van der Waals surface area contributed by atoms with E-state index in [-0.39, 0.29) is 10.4 Å². The van der Waals surface area contributed by atoms with Crippen LogP contribution in [0.15, 0.2) is 0 Å². The van der Waals surface area contributed by atoms with Gasteiger partial charge in [0.15, 0.2) is 13.1 Å². The Morgan fingerprint density at radius 3 is 2.30 bits per heavy atom. The molecule has 2 N–H and O–H groups in total. The average Bonchev–Trinajstić information content (AvgIpc) is 2.36. The van der Waals surface area contributed by atoms with Gasteiger partial charge in [-0.1, -0.05) is 0 Å². The van der Waals surface area contributed by atoms with Gasteiger partial charge in [0.05, 0.1) is 0 Å². The van der Waals surface area contributed by atoms with Gasteiger partial charge in [-0.25, -0.2) is 0 Å². The Bertz CT molecular complexity index is 536. The number of ether oxygens (including phenoxy) is 1. The summed E-state index contributed by atoms with van der Waals surface area (Å²) >= 11 is 1.78. The van der Waals surface area contributed by atoms with Crippen molar-refractivity contribution in [2.45, 2.75) is 11.7 Å². The van der Waals surface area contributed by atoms with Gasteiger partial charge in [0.1, 0.15) is 26.3 Å². The highest BCUT2D eigenvalue weighted by atomic mass is 127. The molecule has 0 radical (unpaired) electrons. The van der Waals surface area contributed by atoms with E-state index in [4.69, 9.17) is 5.73 Å². The van der Waals surface area contributed by atoms with Crippen molar-refractivity contribution >= 4 is 45.3 Å². The maximum absolute atomic E-state index is 11.8. The molecular weight excluding hydrogens is 451 g/mol. The van der Waals surface area contributed by atoms with E-state index in [0.717, 1.165) is 4.90 Å². The predicted octanol–water partition coefficient (Wildman–Crippen LogP) is -1.91. The maximum Gasteiger partial charge on any atom is 0.492 e. The lowest BCUT2D eigenvalue weighted by atomic mass is 10.0. The molecule has 1 rings (SSSR count). The van der Waals surface area contributed by atoms with Crippen molar-refractivity contribution in [2.75, 3.05) is 29.2 Å². The fraction of sp³-hybridized carbons (Fsp3) is 0.778. The Labute approximate surface area is 145 Å². The Balaban J connectivity index is 2.49. The van der Waals surface area contributed by atoms with Crippen LogP contribution in [0.4, 0.5) is 0 Å². The first kappa shape index (κ1) is 19.6. The summed E-state index contributed by atoms with van der Waals surface area (Å²) in [5.74, 6) is -2.34. The van der Waals surface area contributed by atoms with Crippen molar-refractivity contribution in [1.29, 1.82) is 0 Å². The lowest BCUT2D eigenvalue weighted by Crippen LogP contribution is -2.71. The molecule has 1 saturated heterocycles. The molecule has 0 bridgehead atoms. The van der Waals surface area contributed by atoms with Gasteiger partial charge in [-0.15, -0.1) is 0 Å². The van der Waals surface area contributed by atoms with Crippen LogP contribution in [0.5, 0.6) is 0 Å². The normalized spacial score (nSPS) is 18.4. The van der Waals surface area contributed by atoms with Crippen LogP contribution in [0.1, 0.15) is 0 Å². The molecule has 1 aliphatic rings. The van der Waals surface area contributed by atoms with Crippen LogP contribution in [-0.4, -0.2) is 71.7 Å². The summed E-state index contributed by atoms with van der Waals surface area (Å²) in [5, 5.41) is 21.4. The fourth-order valence-corrected chi connectivity index (χ4v) is 3.18. The molecule has 12 nitrogen and oxygen atoms in total. The van der Waals surface area contributed by atoms with Gasteiger partial charge in [0.25, 0.3) is 0 Å². The van der Waals surface area contributed by atoms with E-state index in [1.807, 2.05) is 0 Å². The number of amides is 1. The molecule has 23 heavy (non-hydrogen) atoms. The number of halogens is 1. The molecule has 1 fully saturated rings. The molecule has 1 amide bonds. The molecule has 0 aliphatic carbocycles. The summed E-state index contributed by atoms with van der Waals surface area (Å²) in [6.07, 6.45) is 0. The van der Waals surface area contributed by atoms with E-state index in [0.29, 0.717) is 0 Å². The van der Waals surface area contributed by atoms with Crippen molar-refractivity contribution in [2.24, 2.45) is 5.73 Å². The summed E-state index contributed by atoms with van der Waals surface area (Å²) in [4.78, 5) is 43.2. The van der Waals surface area contributed by atoms with E-state index in [1.165, 1.54) is 0 Å². The Kier molecular flexibility index (Phi) is 6.75. The molecule has 0 spiro atoms. The largest absolute Gasteiger partial charge is 0.492 e. The van der Waals surface area contributed by atoms with Gasteiger partial charge in [-0.05, 0) is 22.6 Å². The lowest BCUT2D eigenvalue weighted by molar-refractivity contribution is -0.809. The summed E-state index contributed by atoms with van der Waals surface area (Å²) in [7, 11) is -1.80. The second-order valence-electron chi connectivity index (χ2n) is 4.68. The monoisotopic (exact) mass is 464 g/mol. The number of nitrogens with two attached hydrogens (primary N) is 1. The van der Waals surface area contributed by atoms with Gasteiger partial charge >= 0.3 is 11.6 Å². The molecule has 0 aromatic rings. The molecule has 2 atom stereocenters. The third-order valence-corrected chi connectivity index (χ3v) is 4.68. The van der Waals surface area contributed by atoms with Crippen LogP contribution in [-0.2, 0) is 25.1 Å². The molecule has 0 saturated carbocycles. The zero-order valence-electron chi connectivity index (χ0n) is 11.6. The number of carbonyl (C=O) groups excluding carboxylic acids is 2. The number of nitro groups is 2. The molecule has 14 heteroatoms. The van der Waals surface area contributed by atoms with Crippen LogP contribution in [0, 0.1) is 20.2 Å². The van der Waals surface area contributed by atoms with Crippen molar-refractivity contribution in [3.05, 3.63) is 20.2 Å². The standard InChI is InChI=1S/C9H13IN4O8S/c10-5-22-8(16)6(11)1-23(21)2-7(15)12-3-9(4-12,13(17)18)14(19)20/h6H,1-5,11H2/t6-,23?/m0/s1. The molecular formula is C9H13IN4O8S. The van der Waals surface area contributed by atoms with E-state index in [2.05, 4.69) is 4.74 Å². The van der Waals surface area contributed by atoms with Gasteiger partial charge in [-0.2, -0.15) is 0 Å². The zero-order chi connectivity index (χ0) is 17.8. The maximum atomic E-state index is 11.8. The third-order valence-electron chi connectivity index (χ3n) is 3.07. The second kappa shape index (κ2) is 7.91. The molecule has 0 aromatic heterocycles.